The standard InChI is InChI=1S/C21H27ClN6O3/c1-15-13-19(25-20(23-15)27-9-11-31-12-10-27)26-5-7-28(8-6-26)21(29)24-16-3-4-18(30-2)17(22)14-16/h3-4,13-14H,5-12H2,1-2H3,(H,24,29). The van der Waals surface area contributed by atoms with Crippen molar-refractivity contribution in [3.63, 3.8) is 0 Å². The fraction of sp³-hybridized carbons (Fsp3) is 0.476. The van der Waals surface area contributed by atoms with Gasteiger partial charge in [-0.3, -0.25) is 0 Å². The number of hydrogen-bond donors (Lipinski definition) is 1. The smallest absolute Gasteiger partial charge is 0.321 e. The summed E-state index contributed by atoms with van der Waals surface area (Å²) in [5.74, 6) is 2.22. The molecule has 0 aliphatic carbocycles. The fourth-order valence-electron chi connectivity index (χ4n) is 3.69. The molecule has 10 heteroatoms. The number of carbonyl (C=O) groups is 1. The SMILES string of the molecule is COc1ccc(NC(=O)N2CCN(c3cc(C)nc(N4CCOCC4)n3)CC2)cc1Cl. The van der Waals surface area contributed by atoms with Crippen molar-refractivity contribution in [3.8, 4) is 5.75 Å². The first kappa shape index (κ1) is 21.5. The highest BCUT2D eigenvalue weighted by Crippen LogP contribution is 2.27. The molecule has 0 bridgehead atoms. The minimum absolute atomic E-state index is 0.145. The molecule has 1 aromatic heterocycles. The van der Waals surface area contributed by atoms with Gasteiger partial charge in [0.05, 0.1) is 25.3 Å². The molecule has 2 fully saturated rings. The normalized spacial score (nSPS) is 16.9. The third-order valence-corrected chi connectivity index (χ3v) is 5.71. The number of morpholine rings is 1. The lowest BCUT2D eigenvalue weighted by molar-refractivity contribution is 0.122. The van der Waals surface area contributed by atoms with E-state index >= 15 is 0 Å². The molecule has 1 N–H and O–H groups in total. The number of hydrogen-bond acceptors (Lipinski definition) is 7. The van der Waals surface area contributed by atoms with Crippen molar-refractivity contribution >= 4 is 35.1 Å². The summed E-state index contributed by atoms with van der Waals surface area (Å²) in [6.07, 6.45) is 0. The molecule has 9 nitrogen and oxygen atoms in total. The number of aryl methyl sites for hydroxylation is 1. The van der Waals surface area contributed by atoms with Gasteiger partial charge in [0.1, 0.15) is 11.6 Å². The minimum Gasteiger partial charge on any atom is -0.495 e. The largest absolute Gasteiger partial charge is 0.495 e. The number of benzene rings is 1. The van der Waals surface area contributed by atoms with Crippen molar-refractivity contribution in [1.29, 1.82) is 0 Å². The van der Waals surface area contributed by atoms with E-state index in [1.54, 1.807) is 30.2 Å². The van der Waals surface area contributed by atoms with Gasteiger partial charge in [0.25, 0.3) is 0 Å². The Kier molecular flexibility index (Phi) is 6.62. The van der Waals surface area contributed by atoms with Crippen LogP contribution in [0.5, 0.6) is 5.75 Å². The average Bonchev–Trinajstić information content (AvgIpc) is 2.79. The zero-order valence-corrected chi connectivity index (χ0v) is 18.6. The molecule has 0 saturated carbocycles. The molecule has 2 saturated heterocycles. The summed E-state index contributed by atoms with van der Waals surface area (Å²) in [6, 6.07) is 7.05. The van der Waals surface area contributed by atoms with E-state index < -0.39 is 0 Å². The van der Waals surface area contributed by atoms with E-state index in [-0.39, 0.29) is 6.03 Å². The van der Waals surface area contributed by atoms with E-state index in [4.69, 9.17) is 26.1 Å². The summed E-state index contributed by atoms with van der Waals surface area (Å²) in [6.45, 7) is 7.58. The predicted octanol–water partition coefficient (Wildman–Crippen LogP) is 2.64. The van der Waals surface area contributed by atoms with Gasteiger partial charge in [-0.1, -0.05) is 11.6 Å². The lowest BCUT2D eigenvalue weighted by Crippen LogP contribution is -2.50. The second kappa shape index (κ2) is 9.57. The number of nitrogens with one attached hydrogen (secondary N) is 1. The van der Waals surface area contributed by atoms with E-state index in [2.05, 4.69) is 20.1 Å². The second-order valence-electron chi connectivity index (χ2n) is 7.52. The number of methoxy groups -OCH3 is 1. The van der Waals surface area contributed by atoms with Crippen LogP contribution in [0.1, 0.15) is 5.69 Å². The van der Waals surface area contributed by atoms with Gasteiger partial charge in [-0.05, 0) is 25.1 Å². The van der Waals surface area contributed by atoms with Crippen LogP contribution in [-0.4, -0.2) is 80.5 Å². The van der Waals surface area contributed by atoms with E-state index in [1.165, 1.54) is 0 Å². The number of piperazine rings is 1. The summed E-state index contributed by atoms with van der Waals surface area (Å²) in [7, 11) is 1.56. The van der Waals surface area contributed by atoms with Gasteiger partial charge in [0, 0.05) is 56.7 Å². The molecule has 2 aromatic rings. The van der Waals surface area contributed by atoms with Crippen molar-refractivity contribution in [2.75, 3.05) is 74.7 Å². The molecule has 0 atom stereocenters. The van der Waals surface area contributed by atoms with Gasteiger partial charge in [0.15, 0.2) is 0 Å². The summed E-state index contributed by atoms with van der Waals surface area (Å²) in [5.41, 5.74) is 1.57. The lowest BCUT2D eigenvalue weighted by Gasteiger charge is -2.36. The van der Waals surface area contributed by atoms with Crippen LogP contribution in [0.3, 0.4) is 0 Å². The summed E-state index contributed by atoms with van der Waals surface area (Å²) in [5, 5.41) is 3.36. The highest BCUT2D eigenvalue weighted by molar-refractivity contribution is 6.32. The fourth-order valence-corrected chi connectivity index (χ4v) is 3.95. The topological polar surface area (TPSA) is 83.1 Å². The number of halogens is 1. The maximum atomic E-state index is 12.7. The van der Waals surface area contributed by atoms with Crippen LogP contribution in [-0.2, 0) is 4.74 Å². The molecular formula is C21H27ClN6O3. The third kappa shape index (κ3) is 5.11. The van der Waals surface area contributed by atoms with Gasteiger partial charge in [-0.25, -0.2) is 9.78 Å². The number of carbonyl (C=O) groups excluding carboxylic acids is 1. The molecule has 4 rings (SSSR count). The van der Waals surface area contributed by atoms with Crippen molar-refractivity contribution < 1.29 is 14.3 Å². The molecule has 0 spiro atoms. The van der Waals surface area contributed by atoms with Crippen molar-refractivity contribution in [1.82, 2.24) is 14.9 Å². The van der Waals surface area contributed by atoms with Gasteiger partial charge >= 0.3 is 6.03 Å². The Morgan fingerprint density at radius 3 is 2.48 bits per heavy atom. The number of amides is 2. The molecule has 1 aromatic carbocycles. The number of rotatable bonds is 4. The maximum Gasteiger partial charge on any atom is 0.321 e. The molecular weight excluding hydrogens is 420 g/mol. The predicted molar refractivity (Wildman–Crippen MR) is 121 cm³/mol. The quantitative estimate of drug-likeness (QED) is 0.772. The molecule has 0 radical (unpaired) electrons. The Balaban J connectivity index is 1.36. The maximum absolute atomic E-state index is 12.7. The Hall–Kier alpha value is -2.78. The van der Waals surface area contributed by atoms with E-state index in [0.29, 0.717) is 55.9 Å². The zero-order valence-electron chi connectivity index (χ0n) is 17.8. The first-order valence-electron chi connectivity index (χ1n) is 10.4. The van der Waals surface area contributed by atoms with Crippen LogP contribution in [0.2, 0.25) is 5.02 Å². The second-order valence-corrected chi connectivity index (χ2v) is 7.93. The van der Waals surface area contributed by atoms with Gasteiger partial charge in [0.2, 0.25) is 5.95 Å². The average molecular weight is 447 g/mol. The summed E-state index contributed by atoms with van der Waals surface area (Å²) < 4.78 is 10.6. The zero-order chi connectivity index (χ0) is 21.8. The van der Waals surface area contributed by atoms with Crippen LogP contribution >= 0.6 is 11.6 Å². The van der Waals surface area contributed by atoms with Crippen molar-refractivity contribution in [3.05, 3.63) is 35.0 Å². The lowest BCUT2D eigenvalue weighted by atomic mass is 10.3. The summed E-state index contributed by atoms with van der Waals surface area (Å²) >= 11 is 6.15. The van der Waals surface area contributed by atoms with Crippen LogP contribution in [0, 0.1) is 6.92 Å². The van der Waals surface area contributed by atoms with Crippen molar-refractivity contribution in [2.45, 2.75) is 6.92 Å². The Bertz CT molecular complexity index is 929. The highest BCUT2D eigenvalue weighted by Gasteiger charge is 2.24. The molecule has 3 heterocycles. The third-order valence-electron chi connectivity index (χ3n) is 5.42. The van der Waals surface area contributed by atoms with E-state index in [1.807, 2.05) is 13.0 Å². The monoisotopic (exact) mass is 446 g/mol. The van der Waals surface area contributed by atoms with E-state index in [9.17, 15) is 4.79 Å². The van der Waals surface area contributed by atoms with Gasteiger partial charge in [-0.15, -0.1) is 0 Å². The molecule has 2 aliphatic rings. The number of nitrogens with zero attached hydrogens (tertiary/aromatic N) is 5. The van der Waals surface area contributed by atoms with Crippen LogP contribution in [0.15, 0.2) is 24.3 Å². The Morgan fingerprint density at radius 2 is 1.81 bits per heavy atom. The molecule has 2 aliphatic heterocycles. The van der Waals surface area contributed by atoms with Crippen molar-refractivity contribution in [2.24, 2.45) is 0 Å². The number of anilines is 3. The number of urea groups is 1. The molecule has 31 heavy (non-hydrogen) atoms. The van der Waals surface area contributed by atoms with E-state index in [0.717, 1.165) is 30.5 Å². The Labute approximate surface area is 186 Å². The number of aromatic nitrogens is 2. The minimum atomic E-state index is -0.145. The molecule has 166 valence electrons. The number of ether oxygens (including phenoxy) is 2. The Morgan fingerprint density at radius 1 is 1.06 bits per heavy atom. The highest BCUT2D eigenvalue weighted by atomic mass is 35.5. The van der Waals surface area contributed by atoms with Crippen LogP contribution < -0.4 is 19.9 Å². The van der Waals surface area contributed by atoms with Gasteiger partial charge in [-0.2, -0.15) is 4.98 Å². The molecule has 0 unspecified atom stereocenters. The van der Waals surface area contributed by atoms with Crippen LogP contribution in [0.25, 0.3) is 0 Å². The van der Waals surface area contributed by atoms with Crippen LogP contribution in [0.4, 0.5) is 22.2 Å². The molecule has 2 amide bonds. The first-order valence-corrected chi connectivity index (χ1v) is 10.7. The summed E-state index contributed by atoms with van der Waals surface area (Å²) in [4.78, 5) is 28.2. The first-order chi connectivity index (χ1) is 15.0. The van der Waals surface area contributed by atoms with Gasteiger partial charge < -0.3 is 29.5 Å².